The van der Waals surface area contributed by atoms with E-state index in [9.17, 15) is 8.78 Å². The van der Waals surface area contributed by atoms with Gasteiger partial charge in [-0.15, -0.1) is 0 Å². The number of hydrogen-bond acceptors (Lipinski definition) is 3. The van der Waals surface area contributed by atoms with Gasteiger partial charge >= 0.3 is 6.61 Å². The van der Waals surface area contributed by atoms with Gasteiger partial charge in [-0.2, -0.15) is 19.0 Å². The third-order valence-electron chi connectivity index (χ3n) is 4.13. The number of hydrogen-bond donors (Lipinski definition) is 0. The van der Waals surface area contributed by atoms with Gasteiger partial charge in [0.05, 0.1) is 12.4 Å². The molecule has 3 nitrogen and oxygen atoms in total. The molecule has 0 spiro atoms. The molecule has 0 amide bonds. The Labute approximate surface area is 159 Å². The first-order valence-corrected chi connectivity index (χ1v) is 9.37. The molecule has 0 aliphatic heterocycles. The first-order chi connectivity index (χ1) is 13.2. The highest BCUT2D eigenvalue weighted by Crippen LogP contribution is 2.14. The Morgan fingerprint density at radius 3 is 1.93 bits per heavy atom. The van der Waals surface area contributed by atoms with Gasteiger partial charge in [-0.3, -0.25) is 0 Å². The molecule has 27 heavy (non-hydrogen) atoms. The summed E-state index contributed by atoms with van der Waals surface area (Å²) in [4.78, 5) is 0. The topological polar surface area (TPSA) is 34.0 Å². The Morgan fingerprint density at radius 1 is 0.815 bits per heavy atom. The molecule has 0 radical (unpaired) electrons. The average Bonchev–Trinajstić information content (AvgIpc) is 2.67. The van der Waals surface area contributed by atoms with E-state index < -0.39 is 6.61 Å². The number of rotatable bonds is 11. The maximum Gasteiger partial charge on any atom is 0.387 e. The smallest absolute Gasteiger partial charge is 0.387 e. The number of aryl methyl sites for hydroxylation is 1. The van der Waals surface area contributed by atoms with Crippen LogP contribution >= 0.6 is 0 Å². The standard InChI is InChI=1S/C22H26F2N2O/c1-2-3-4-5-6-7-18-8-10-19(11-9-18)16-25-26-17-20-12-14-21(15-13-20)27-22(23)24/h8-17,22H,2-7H2,1H3. The molecule has 0 atom stereocenters. The van der Waals surface area contributed by atoms with E-state index in [4.69, 9.17) is 0 Å². The number of halogens is 2. The van der Waals surface area contributed by atoms with Gasteiger partial charge in [0.15, 0.2) is 0 Å². The maximum absolute atomic E-state index is 12.1. The predicted molar refractivity (Wildman–Crippen MR) is 107 cm³/mol. The van der Waals surface area contributed by atoms with Crippen molar-refractivity contribution in [2.45, 2.75) is 52.1 Å². The van der Waals surface area contributed by atoms with Gasteiger partial charge in [0, 0.05) is 0 Å². The van der Waals surface area contributed by atoms with E-state index in [1.54, 1.807) is 24.6 Å². The van der Waals surface area contributed by atoms with Crippen LogP contribution in [0, 0.1) is 0 Å². The third-order valence-corrected chi connectivity index (χ3v) is 4.13. The zero-order chi connectivity index (χ0) is 19.3. The first-order valence-electron chi connectivity index (χ1n) is 9.37. The summed E-state index contributed by atoms with van der Waals surface area (Å²) in [6, 6.07) is 14.6. The summed E-state index contributed by atoms with van der Waals surface area (Å²) in [6.45, 7) is -0.590. The van der Waals surface area contributed by atoms with Crippen molar-refractivity contribution >= 4 is 12.4 Å². The first kappa shape index (κ1) is 20.7. The van der Waals surface area contributed by atoms with Gasteiger partial charge in [0.25, 0.3) is 0 Å². The van der Waals surface area contributed by atoms with Gasteiger partial charge in [0.1, 0.15) is 5.75 Å². The van der Waals surface area contributed by atoms with Crippen LogP contribution in [0.5, 0.6) is 5.75 Å². The van der Waals surface area contributed by atoms with Crippen LogP contribution in [-0.2, 0) is 6.42 Å². The maximum atomic E-state index is 12.1. The van der Waals surface area contributed by atoms with E-state index in [2.05, 4.69) is 34.0 Å². The van der Waals surface area contributed by atoms with Crippen molar-refractivity contribution in [1.82, 2.24) is 0 Å². The lowest BCUT2D eigenvalue weighted by atomic mass is 10.0. The third kappa shape index (κ3) is 8.58. The molecule has 0 bridgehead atoms. The van der Waals surface area contributed by atoms with Crippen LogP contribution in [0.2, 0.25) is 0 Å². The summed E-state index contributed by atoms with van der Waals surface area (Å²) in [6.07, 6.45) is 10.8. The molecule has 2 rings (SSSR count). The summed E-state index contributed by atoms with van der Waals surface area (Å²) < 4.78 is 28.5. The largest absolute Gasteiger partial charge is 0.435 e. The minimum absolute atomic E-state index is 0.121. The number of benzene rings is 2. The molecular weight excluding hydrogens is 346 g/mol. The summed E-state index contributed by atoms with van der Waals surface area (Å²) in [5.74, 6) is 0.121. The summed E-state index contributed by atoms with van der Waals surface area (Å²) >= 11 is 0. The highest BCUT2D eigenvalue weighted by atomic mass is 19.3. The second-order valence-electron chi connectivity index (χ2n) is 6.34. The van der Waals surface area contributed by atoms with Gasteiger partial charge in [0.2, 0.25) is 0 Å². The average molecular weight is 372 g/mol. The number of unbranched alkanes of at least 4 members (excludes halogenated alkanes) is 4. The molecule has 2 aromatic carbocycles. The zero-order valence-corrected chi connectivity index (χ0v) is 15.7. The predicted octanol–water partition coefficient (Wildman–Crippen LogP) is 6.25. The lowest BCUT2D eigenvalue weighted by Gasteiger charge is -2.03. The van der Waals surface area contributed by atoms with E-state index >= 15 is 0 Å². The fourth-order valence-electron chi connectivity index (χ4n) is 2.64. The molecule has 0 fully saturated rings. The Hall–Kier alpha value is -2.56. The number of alkyl halides is 2. The van der Waals surface area contributed by atoms with Crippen molar-refractivity contribution < 1.29 is 13.5 Å². The highest BCUT2D eigenvalue weighted by Gasteiger charge is 2.02. The second-order valence-corrected chi connectivity index (χ2v) is 6.34. The van der Waals surface area contributed by atoms with Gasteiger partial charge in [-0.05, 0) is 53.8 Å². The lowest BCUT2D eigenvalue weighted by Crippen LogP contribution is -2.01. The van der Waals surface area contributed by atoms with E-state index in [1.165, 1.54) is 49.8 Å². The normalized spacial score (nSPS) is 11.7. The van der Waals surface area contributed by atoms with Crippen LogP contribution < -0.4 is 4.74 Å². The molecule has 2 aromatic rings. The van der Waals surface area contributed by atoms with Crippen LogP contribution in [0.4, 0.5) is 8.78 Å². The van der Waals surface area contributed by atoms with Gasteiger partial charge < -0.3 is 4.74 Å². The van der Waals surface area contributed by atoms with Crippen molar-refractivity contribution in [3.8, 4) is 5.75 Å². The van der Waals surface area contributed by atoms with Crippen molar-refractivity contribution in [1.29, 1.82) is 0 Å². The van der Waals surface area contributed by atoms with Crippen LogP contribution in [0.15, 0.2) is 58.7 Å². The molecule has 0 saturated heterocycles. The second kappa shape index (κ2) is 11.9. The SMILES string of the molecule is CCCCCCCc1ccc(C=NN=Cc2ccc(OC(F)F)cc2)cc1. The van der Waals surface area contributed by atoms with E-state index in [0.29, 0.717) is 0 Å². The molecule has 0 aromatic heterocycles. The molecule has 0 aliphatic rings. The van der Waals surface area contributed by atoms with Crippen molar-refractivity contribution in [3.63, 3.8) is 0 Å². The molecule has 0 unspecified atom stereocenters. The molecule has 5 heteroatoms. The van der Waals surface area contributed by atoms with Crippen LogP contribution in [0.1, 0.15) is 55.7 Å². The quantitative estimate of drug-likeness (QED) is 0.261. The molecule has 0 saturated carbocycles. The molecule has 0 N–H and O–H groups in total. The Morgan fingerprint density at radius 2 is 1.37 bits per heavy atom. The summed E-state index contributed by atoms with van der Waals surface area (Å²) in [5, 5.41) is 8.01. The van der Waals surface area contributed by atoms with Crippen molar-refractivity contribution in [3.05, 3.63) is 65.2 Å². The minimum atomic E-state index is -2.82. The zero-order valence-electron chi connectivity index (χ0n) is 15.7. The number of nitrogens with zero attached hydrogens (tertiary/aromatic N) is 2. The minimum Gasteiger partial charge on any atom is -0.435 e. The fourth-order valence-corrected chi connectivity index (χ4v) is 2.64. The molecule has 0 heterocycles. The van der Waals surface area contributed by atoms with Crippen LogP contribution in [-0.4, -0.2) is 19.0 Å². The van der Waals surface area contributed by atoms with Crippen molar-refractivity contribution in [2.75, 3.05) is 0 Å². The molecule has 144 valence electrons. The van der Waals surface area contributed by atoms with Gasteiger partial charge in [-0.1, -0.05) is 56.9 Å². The van der Waals surface area contributed by atoms with Crippen LogP contribution in [0.3, 0.4) is 0 Å². The lowest BCUT2D eigenvalue weighted by molar-refractivity contribution is -0.0498. The monoisotopic (exact) mass is 372 g/mol. The van der Waals surface area contributed by atoms with E-state index in [0.717, 1.165) is 17.5 Å². The van der Waals surface area contributed by atoms with Crippen molar-refractivity contribution in [2.24, 2.45) is 10.2 Å². The fraction of sp³-hybridized carbons (Fsp3) is 0.364. The van der Waals surface area contributed by atoms with E-state index in [1.807, 2.05) is 12.1 Å². The Balaban J connectivity index is 1.77. The molecule has 0 aliphatic carbocycles. The van der Waals surface area contributed by atoms with Crippen LogP contribution in [0.25, 0.3) is 0 Å². The number of ether oxygens (including phenoxy) is 1. The Bertz CT molecular complexity index is 710. The highest BCUT2D eigenvalue weighted by molar-refractivity contribution is 5.82. The summed E-state index contributed by atoms with van der Waals surface area (Å²) in [7, 11) is 0. The van der Waals surface area contributed by atoms with E-state index in [-0.39, 0.29) is 5.75 Å². The Kier molecular flexibility index (Phi) is 9.18. The van der Waals surface area contributed by atoms with Gasteiger partial charge in [-0.25, -0.2) is 0 Å². The molecular formula is C22H26F2N2O. The summed E-state index contributed by atoms with van der Waals surface area (Å²) in [5.41, 5.74) is 3.09.